The monoisotopic (exact) mass is 272 g/mol. The fourth-order valence-electron chi connectivity index (χ4n) is 2.87. The van der Waals surface area contributed by atoms with Gasteiger partial charge in [-0.1, -0.05) is 0 Å². The predicted octanol–water partition coefficient (Wildman–Crippen LogP) is 2.12. The van der Waals surface area contributed by atoms with Gasteiger partial charge in [0.25, 0.3) is 5.91 Å². The quantitative estimate of drug-likeness (QED) is 0.916. The van der Waals surface area contributed by atoms with Crippen molar-refractivity contribution >= 4 is 17.5 Å². The lowest BCUT2D eigenvalue weighted by molar-refractivity contribution is -0.116. The number of nitrogens with zero attached hydrogens (tertiary/aromatic N) is 1. The van der Waals surface area contributed by atoms with Gasteiger partial charge >= 0.3 is 0 Å². The number of rotatable bonds is 3. The number of fused-ring (bicyclic) bond motifs is 1. The van der Waals surface area contributed by atoms with E-state index in [9.17, 15) is 9.59 Å². The standard InChI is InChI=1S/C16H20N2O2/c1-10(12-3-4-12)17-16(20)14-5-6-15-13(9-14)7-8-18(15)11(2)19/h5-6,9-10,12H,3-4,7-8H2,1-2H3,(H,17,20). The Morgan fingerprint density at radius 2 is 2.10 bits per heavy atom. The van der Waals surface area contributed by atoms with E-state index >= 15 is 0 Å². The lowest BCUT2D eigenvalue weighted by Gasteiger charge is -2.16. The normalized spacial score (nSPS) is 18.6. The molecule has 3 rings (SSSR count). The molecule has 1 fully saturated rings. The number of anilines is 1. The molecule has 1 N–H and O–H groups in total. The smallest absolute Gasteiger partial charge is 0.251 e. The molecular weight excluding hydrogens is 252 g/mol. The number of carbonyl (C=O) groups excluding carboxylic acids is 2. The molecule has 20 heavy (non-hydrogen) atoms. The lowest BCUT2D eigenvalue weighted by atomic mass is 10.1. The molecule has 1 saturated carbocycles. The Morgan fingerprint density at radius 3 is 2.75 bits per heavy atom. The average molecular weight is 272 g/mol. The SMILES string of the molecule is CC(=O)N1CCc2cc(C(=O)NC(C)C3CC3)ccc21. The fourth-order valence-corrected chi connectivity index (χ4v) is 2.87. The number of nitrogens with one attached hydrogen (secondary N) is 1. The Bertz CT molecular complexity index is 564. The van der Waals surface area contributed by atoms with E-state index in [1.165, 1.54) is 12.8 Å². The topological polar surface area (TPSA) is 49.4 Å². The minimum atomic E-state index is -0.00604. The molecule has 1 atom stereocenters. The molecule has 0 spiro atoms. The summed E-state index contributed by atoms with van der Waals surface area (Å²) in [6.07, 6.45) is 3.27. The molecule has 0 radical (unpaired) electrons. The predicted molar refractivity (Wildman–Crippen MR) is 77.8 cm³/mol. The van der Waals surface area contributed by atoms with Gasteiger partial charge < -0.3 is 10.2 Å². The van der Waals surface area contributed by atoms with E-state index in [-0.39, 0.29) is 17.9 Å². The summed E-state index contributed by atoms with van der Waals surface area (Å²) < 4.78 is 0. The van der Waals surface area contributed by atoms with Crippen LogP contribution in [0.5, 0.6) is 0 Å². The van der Waals surface area contributed by atoms with Crippen LogP contribution in [0.2, 0.25) is 0 Å². The van der Waals surface area contributed by atoms with Gasteiger partial charge in [0.2, 0.25) is 5.91 Å². The van der Waals surface area contributed by atoms with Gasteiger partial charge in [0.05, 0.1) is 0 Å². The van der Waals surface area contributed by atoms with E-state index in [1.54, 1.807) is 11.8 Å². The van der Waals surface area contributed by atoms with Crippen molar-refractivity contribution in [2.24, 2.45) is 5.92 Å². The van der Waals surface area contributed by atoms with Crippen LogP contribution < -0.4 is 10.2 Å². The van der Waals surface area contributed by atoms with E-state index in [2.05, 4.69) is 12.2 Å². The summed E-state index contributed by atoms with van der Waals surface area (Å²) >= 11 is 0. The largest absolute Gasteiger partial charge is 0.349 e. The van der Waals surface area contributed by atoms with Gasteiger partial charge in [-0.3, -0.25) is 9.59 Å². The molecule has 1 unspecified atom stereocenters. The summed E-state index contributed by atoms with van der Waals surface area (Å²) in [6.45, 7) is 4.36. The van der Waals surface area contributed by atoms with Crippen LogP contribution in [0.15, 0.2) is 18.2 Å². The second kappa shape index (κ2) is 4.93. The molecule has 1 heterocycles. The average Bonchev–Trinajstić information content (AvgIpc) is 3.17. The first-order valence-electron chi connectivity index (χ1n) is 7.28. The Hall–Kier alpha value is -1.84. The molecule has 2 amide bonds. The van der Waals surface area contributed by atoms with Crippen molar-refractivity contribution in [2.45, 2.75) is 39.2 Å². The highest BCUT2D eigenvalue weighted by Crippen LogP contribution is 2.33. The van der Waals surface area contributed by atoms with Crippen molar-refractivity contribution < 1.29 is 9.59 Å². The highest BCUT2D eigenvalue weighted by Gasteiger charge is 2.29. The van der Waals surface area contributed by atoms with Crippen molar-refractivity contribution in [2.75, 3.05) is 11.4 Å². The first-order valence-corrected chi connectivity index (χ1v) is 7.28. The molecule has 4 heteroatoms. The molecule has 1 aliphatic heterocycles. The van der Waals surface area contributed by atoms with Crippen LogP contribution >= 0.6 is 0 Å². The van der Waals surface area contributed by atoms with Crippen molar-refractivity contribution in [1.82, 2.24) is 5.32 Å². The lowest BCUT2D eigenvalue weighted by Crippen LogP contribution is -2.34. The van der Waals surface area contributed by atoms with Crippen LogP contribution in [0, 0.1) is 5.92 Å². The molecule has 1 aromatic carbocycles. The zero-order valence-corrected chi connectivity index (χ0v) is 12.0. The van der Waals surface area contributed by atoms with Gasteiger partial charge in [-0.2, -0.15) is 0 Å². The molecule has 1 aromatic rings. The van der Waals surface area contributed by atoms with Crippen LogP contribution in [-0.4, -0.2) is 24.4 Å². The van der Waals surface area contributed by atoms with E-state index in [0.717, 1.165) is 17.7 Å². The summed E-state index contributed by atoms with van der Waals surface area (Å²) in [4.78, 5) is 25.5. The van der Waals surface area contributed by atoms with Crippen LogP contribution in [0.1, 0.15) is 42.6 Å². The molecule has 0 bridgehead atoms. The number of hydrogen-bond acceptors (Lipinski definition) is 2. The summed E-state index contributed by atoms with van der Waals surface area (Å²) in [5.41, 5.74) is 2.73. The van der Waals surface area contributed by atoms with Gasteiger partial charge in [0, 0.05) is 30.8 Å². The summed E-state index contributed by atoms with van der Waals surface area (Å²) in [6, 6.07) is 5.88. The number of carbonyl (C=O) groups is 2. The maximum atomic E-state index is 12.2. The van der Waals surface area contributed by atoms with Gasteiger partial charge in [0.1, 0.15) is 0 Å². The summed E-state index contributed by atoms with van der Waals surface area (Å²) in [7, 11) is 0. The van der Waals surface area contributed by atoms with E-state index in [4.69, 9.17) is 0 Å². The third-order valence-corrected chi connectivity index (χ3v) is 4.31. The van der Waals surface area contributed by atoms with Crippen molar-refractivity contribution in [3.8, 4) is 0 Å². The van der Waals surface area contributed by atoms with E-state index < -0.39 is 0 Å². The van der Waals surface area contributed by atoms with Crippen molar-refractivity contribution in [3.63, 3.8) is 0 Å². The van der Waals surface area contributed by atoms with Crippen LogP contribution in [0.25, 0.3) is 0 Å². The van der Waals surface area contributed by atoms with E-state index in [1.807, 2.05) is 18.2 Å². The Morgan fingerprint density at radius 1 is 1.35 bits per heavy atom. The highest BCUT2D eigenvalue weighted by molar-refractivity contribution is 5.98. The molecule has 1 aliphatic carbocycles. The Labute approximate surface area is 119 Å². The minimum Gasteiger partial charge on any atom is -0.349 e. The van der Waals surface area contributed by atoms with Crippen molar-refractivity contribution in [1.29, 1.82) is 0 Å². The molecule has 0 aromatic heterocycles. The van der Waals surface area contributed by atoms with Crippen molar-refractivity contribution in [3.05, 3.63) is 29.3 Å². The second-order valence-electron chi connectivity index (χ2n) is 5.86. The molecular formula is C16H20N2O2. The number of amides is 2. The third kappa shape index (κ3) is 2.42. The van der Waals surface area contributed by atoms with Gasteiger partial charge in [-0.25, -0.2) is 0 Å². The molecule has 106 valence electrons. The van der Waals surface area contributed by atoms with Gasteiger partial charge in [-0.15, -0.1) is 0 Å². The summed E-state index contributed by atoms with van der Waals surface area (Å²) in [5.74, 6) is 0.707. The third-order valence-electron chi connectivity index (χ3n) is 4.31. The zero-order chi connectivity index (χ0) is 14.3. The zero-order valence-electron chi connectivity index (χ0n) is 12.0. The Kier molecular flexibility index (Phi) is 3.24. The van der Waals surface area contributed by atoms with Crippen LogP contribution in [0.4, 0.5) is 5.69 Å². The molecule has 2 aliphatic rings. The maximum absolute atomic E-state index is 12.2. The fraction of sp³-hybridized carbons (Fsp3) is 0.500. The first kappa shape index (κ1) is 13.2. The van der Waals surface area contributed by atoms with Crippen LogP contribution in [0.3, 0.4) is 0 Å². The first-order chi connectivity index (χ1) is 9.56. The van der Waals surface area contributed by atoms with Crippen LogP contribution in [-0.2, 0) is 11.2 Å². The second-order valence-corrected chi connectivity index (χ2v) is 5.86. The highest BCUT2D eigenvalue weighted by atomic mass is 16.2. The minimum absolute atomic E-state index is 0.00604. The molecule has 4 nitrogen and oxygen atoms in total. The number of hydrogen-bond donors (Lipinski definition) is 1. The summed E-state index contributed by atoms with van der Waals surface area (Å²) in [5, 5.41) is 3.06. The Balaban J connectivity index is 1.75. The van der Waals surface area contributed by atoms with Gasteiger partial charge in [-0.05, 0) is 55.9 Å². The van der Waals surface area contributed by atoms with Gasteiger partial charge in [0.15, 0.2) is 0 Å². The number of benzene rings is 1. The van der Waals surface area contributed by atoms with E-state index in [0.29, 0.717) is 18.0 Å². The maximum Gasteiger partial charge on any atom is 0.251 e. The molecule has 0 saturated heterocycles.